The van der Waals surface area contributed by atoms with Crippen LogP contribution in [0.5, 0.6) is 0 Å². The summed E-state index contributed by atoms with van der Waals surface area (Å²) in [5.74, 6) is -2.47. The molecule has 9 heteroatoms. The molecule has 0 saturated heterocycles. The molecule has 0 unspecified atom stereocenters. The van der Waals surface area contributed by atoms with Crippen molar-refractivity contribution < 1.29 is 17.7 Å². The Morgan fingerprint density at radius 3 is 2.44 bits per heavy atom. The van der Waals surface area contributed by atoms with E-state index < -0.39 is 22.9 Å². The Labute approximate surface area is 149 Å². The highest BCUT2D eigenvalue weighted by atomic mass is 19.2. The molecule has 2 aromatic carbocycles. The van der Waals surface area contributed by atoms with Crippen LogP contribution in [0.4, 0.5) is 13.2 Å². The highest BCUT2D eigenvalue weighted by Gasteiger charge is 2.16. The normalized spacial score (nSPS) is 10.9. The van der Waals surface area contributed by atoms with Crippen molar-refractivity contribution in [3.05, 3.63) is 82.4 Å². The molecule has 0 N–H and O–H groups in total. The van der Waals surface area contributed by atoms with Gasteiger partial charge in [-0.05, 0) is 36.4 Å². The van der Waals surface area contributed by atoms with Crippen molar-refractivity contribution in [2.75, 3.05) is 0 Å². The van der Waals surface area contributed by atoms with Gasteiger partial charge >= 0.3 is 0 Å². The van der Waals surface area contributed by atoms with E-state index in [2.05, 4.69) is 15.2 Å². The minimum Gasteiger partial charge on any atom is -0.332 e. The number of halogens is 3. The van der Waals surface area contributed by atoms with E-state index in [1.165, 1.54) is 47.3 Å². The molecule has 134 valence electrons. The molecule has 4 aromatic rings. The van der Waals surface area contributed by atoms with Crippen molar-refractivity contribution in [3.8, 4) is 28.7 Å². The molecule has 0 amide bonds. The Bertz CT molecular complexity index is 1190. The van der Waals surface area contributed by atoms with Gasteiger partial charge in [0.25, 0.3) is 5.89 Å². The van der Waals surface area contributed by atoms with E-state index in [0.717, 1.165) is 12.1 Å². The van der Waals surface area contributed by atoms with Crippen LogP contribution in [0.25, 0.3) is 28.7 Å². The van der Waals surface area contributed by atoms with Crippen molar-refractivity contribution >= 4 is 0 Å². The highest BCUT2D eigenvalue weighted by molar-refractivity contribution is 5.57. The average molecular weight is 370 g/mol. The summed E-state index contributed by atoms with van der Waals surface area (Å²) in [5, 5.41) is 7.82. The Hall–Kier alpha value is -3.75. The van der Waals surface area contributed by atoms with Crippen LogP contribution >= 0.6 is 0 Å². The van der Waals surface area contributed by atoms with Crippen LogP contribution in [0.3, 0.4) is 0 Å². The minimum atomic E-state index is -1.05. The van der Waals surface area contributed by atoms with Crippen LogP contribution < -0.4 is 5.43 Å². The smallest absolute Gasteiger partial charge is 0.282 e. The molecule has 27 heavy (non-hydrogen) atoms. The highest BCUT2D eigenvalue weighted by Crippen LogP contribution is 2.20. The van der Waals surface area contributed by atoms with Crippen LogP contribution in [0.1, 0.15) is 0 Å². The molecule has 0 spiro atoms. The standard InChI is InChI=1S/C18H9F3N4O2/c19-11-3-1-10(2-4-11)17-22-18(27-24-17)16-15(26)7-8-25(23-16)12-5-6-13(20)14(21)9-12/h1-9H. The summed E-state index contributed by atoms with van der Waals surface area (Å²) in [6, 6.07) is 9.77. The fraction of sp³-hybridized carbons (Fsp3) is 0. The van der Waals surface area contributed by atoms with Crippen LogP contribution in [-0.2, 0) is 0 Å². The molecule has 0 atom stereocenters. The first-order chi connectivity index (χ1) is 13.0. The molecule has 2 heterocycles. The topological polar surface area (TPSA) is 73.8 Å². The lowest BCUT2D eigenvalue weighted by atomic mass is 10.2. The monoisotopic (exact) mass is 370 g/mol. The van der Waals surface area contributed by atoms with Crippen molar-refractivity contribution in [2.24, 2.45) is 0 Å². The third-order valence-electron chi connectivity index (χ3n) is 3.71. The van der Waals surface area contributed by atoms with Gasteiger partial charge in [0.2, 0.25) is 11.3 Å². The fourth-order valence-corrected chi connectivity index (χ4v) is 2.36. The number of benzene rings is 2. The van der Waals surface area contributed by atoms with Gasteiger partial charge in [-0.3, -0.25) is 4.79 Å². The van der Waals surface area contributed by atoms with E-state index in [-0.39, 0.29) is 23.1 Å². The van der Waals surface area contributed by atoms with Gasteiger partial charge < -0.3 is 4.52 Å². The SMILES string of the molecule is O=c1ccn(-c2ccc(F)c(F)c2)nc1-c1nc(-c2ccc(F)cc2)no1. The predicted octanol–water partition coefficient (Wildman–Crippen LogP) is 3.37. The quantitative estimate of drug-likeness (QED) is 0.553. The zero-order valence-corrected chi connectivity index (χ0v) is 13.4. The number of hydrogen-bond donors (Lipinski definition) is 0. The third kappa shape index (κ3) is 3.22. The van der Waals surface area contributed by atoms with Gasteiger partial charge in [-0.15, -0.1) is 0 Å². The molecule has 6 nitrogen and oxygen atoms in total. The summed E-state index contributed by atoms with van der Waals surface area (Å²) in [4.78, 5) is 16.2. The first kappa shape index (κ1) is 16.7. The molecule has 0 fully saturated rings. The largest absolute Gasteiger partial charge is 0.332 e. The molecular weight excluding hydrogens is 361 g/mol. The molecule has 0 aliphatic heterocycles. The Morgan fingerprint density at radius 2 is 1.70 bits per heavy atom. The zero-order chi connectivity index (χ0) is 19.0. The lowest BCUT2D eigenvalue weighted by molar-refractivity contribution is 0.429. The lowest BCUT2D eigenvalue weighted by Crippen LogP contribution is -2.13. The maximum absolute atomic E-state index is 13.4. The lowest BCUT2D eigenvalue weighted by Gasteiger charge is -2.06. The minimum absolute atomic E-state index is 0.148. The Morgan fingerprint density at radius 1 is 0.926 bits per heavy atom. The molecular formula is C18H9F3N4O2. The molecule has 0 aliphatic rings. The first-order valence-corrected chi connectivity index (χ1v) is 7.67. The van der Waals surface area contributed by atoms with E-state index >= 15 is 0 Å². The van der Waals surface area contributed by atoms with Gasteiger partial charge in [0.1, 0.15) is 5.82 Å². The molecule has 0 aliphatic carbocycles. The second-order valence-corrected chi connectivity index (χ2v) is 5.50. The second kappa shape index (κ2) is 6.52. The van der Waals surface area contributed by atoms with E-state index in [4.69, 9.17) is 4.52 Å². The Balaban J connectivity index is 1.75. The summed E-state index contributed by atoms with van der Waals surface area (Å²) >= 11 is 0. The predicted molar refractivity (Wildman–Crippen MR) is 88.4 cm³/mol. The number of hydrogen-bond acceptors (Lipinski definition) is 5. The van der Waals surface area contributed by atoms with Crippen molar-refractivity contribution in [2.45, 2.75) is 0 Å². The maximum atomic E-state index is 13.4. The molecule has 0 bridgehead atoms. The fourth-order valence-electron chi connectivity index (χ4n) is 2.36. The van der Waals surface area contributed by atoms with Gasteiger partial charge in [0.05, 0.1) is 5.69 Å². The molecule has 0 saturated carbocycles. The molecule has 2 aromatic heterocycles. The van der Waals surface area contributed by atoms with Crippen LogP contribution in [0.15, 0.2) is 64.0 Å². The van der Waals surface area contributed by atoms with Gasteiger partial charge in [-0.25, -0.2) is 17.9 Å². The van der Waals surface area contributed by atoms with Gasteiger partial charge in [-0.2, -0.15) is 10.1 Å². The number of aromatic nitrogens is 4. The van der Waals surface area contributed by atoms with Gasteiger partial charge in [0, 0.05) is 23.9 Å². The van der Waals surface area contributed by atoms with E-state index in [1.54, 1.807) is 0 Å². The molecule has 4 rings (SSSR count). The summed E-state index contributed by atoms with van der Waals surface area (Å²) < 4.78 is 45.8. The van der Waals surface area contributed by atoms with Crippen molar-refractivity contribution in [1.29, 1.82) is 0 Å². The van der Waals surface area contributed by atoms with E-state index in [9.17, 15) is 18.0 Å². The second-order valence-electron chi connectivity index (χ2n) is 5.50. The summed E-state index contributed by atoms with van der Waals surface area (Å²) in [5.41, 5.74) is 0.0305. The first-order valence-electron chi connectivity index (χ1n) is 7.67. The zero-order valence-electron chi connectivity index (χ0n) is 13.4. The number of nitrogens with zero attached hydrogens (tertiary/aromatic N) is 4. The summed E-state index contributed by atoms with van der Waals surface area (Å²) in [7, 11) is 0. The Kier molecular flexibility index (Phi) is 4.03. The summed E-state index contributed by atoms with van der Waals surface area (Å²) in [6.07, 6.45) is 1.30. The average Bonchev–Trinajstić information content (AvgIpc) is 3.15. The van der Waals surface area contributed by atoms with Crippen LogP contribution in [-0.4, -0.2) is 19.9 Å². The van der Waals surface area contributed by atoms with Gasteiger partial charge in [0.15, 0.2) is 17.3 Å². The van der Waals surface area contributed by atoms with Crippen molar-refractivity contribution in [3.63, 3.8) is 0 Å². The van der Waals surface area contributed by atoms with Crippen LogP contribution in [0, 0.1) is 17.5 Å². The van der Waals surface area contributed by atoms with Crippen molar-refractivity contribution in [1.82, 2.24) is 19.9 Å². The summed E-state index contributed by atoms with van der Waals surface area (Å²) in [6.45, 7) is 0. The third-order valence-corrected chi connectivity index (χ3v) is 3.71. The van der Waals surface area contributed by atoms with Gasteiger partial charge in [-0.1, -0.05) is 5.16 Å². The van der Waals surface area contributed by atoms with Crippen LogP contribution in [0.2, 0.25) is 0 Å². The molecule has 0 radical (unpaired) electrons. The van der Waals surface area contributed by atoms with E-state index in [1.807, 2.05) is 0 Å². The maximum Gasteiger partial charge on any atom is 0.282 e. The van der Waals surface area contributed by atoms with E-state index in [0.29, 0.717) is 5.56 Å². The number of rotatable bonds is 3.